The number of fused-ring (bicyclic) bond motifs is 1. The van der Waals surface area contributed by atoms with Crippen LogP contribution in [-0.4, -0.2) is 15.6 Å². The zero-order chi connectivity index (χ0) is 17.6. The molecule has 2 aromatic carbocycles. The molecule has 4 rings (SSSR count). The molecule has 3 aromatic rings. The number of benzene rings is 2. The second-order valence-electron chi connectivity index (χ2n) is 6.73. The van der Waals surface area contributed by atoms with Crippen LogP contribution >= 0.6 is 0 Å². The number of ketones is 1. The Morgan fingerprint density at radius 3 is 2.40 bits per heavy atom. The first-order chi connectivity index (χ1) is 12.0. The summed E-state index contributed by atoms with van der Waals surface area (Å²) >= 11 is 0. The van der Waals surface area contributed by atoms with Gasteiger partial charge in [0.15, 0.2) is 5.78 Å². The predicted molar refractivity (Wildman–Crippen MR) is 100 cm³/mol. The quantitative estimate of drug-likeness (QED) is 0.695. The highest BCUT2D eigenvalue weighted by atomic mass is 16.1. The van der Waals surface area contributed by atoms with Gasteiger partial charge >= 0.3 is 0 Å². The number of carbonyl (C=O) groups excluding carboxylic acids is 1. The van der Waals surface area contributed by atoms with Gasteiger partial charge in [-0.3, -0.25) is 4.79 Å². The molecule has 0 aliphatic carbocycles. The van der Waals surface area contributed by atoms with Crippen molar-refractivity contribution in [2.75, 3.05) is 0 Å². The van der Waals surface area contributed by atoms with E-state index in [4.69, 9.17) is 5.10 Å². The number of rotatable bonds is 2. The van der Waals surface area contributed by atoms with Gasteiger partial charge in [0.05, 0.1) is 23.5 Å². The highest BCUT2D eigenvalue weighted by Gasteiger charge is 2.25. The summed E-state index contributed by atoms with van der Waals surface area (Å²) in [7, 11) is 0. The SMILES string of the molecule is Cc1ccc(-c2c(C)nn3c2CC(=O)C=C3c2cccc(C)c2)cc1. The summed E-state index contributed by atoms with van der Waals surface area (Å²) in [6.45, 7) is 6.15. The fourth-order valence-electron chi connectivity index (χ4n) is 3.47. The van der Waals surface area contributed by atoms with Crippen LogP contribution in [0.3, 0.4) is 0 Å². The fourth-order valence-corrected chi connectivity index (χ4v) is 3.47. The van der Waals surface area contributed by atoms with Crippen molar-refractivity contribution in [3.63, 3.8) is 0 Å². The van der Waals surface area contributed by atoms with Crippen LogP contribution in [0.25, 0.3) is 16.8 Å². The van der Waals surface area contributed by atoms with Crippen LogP contribution in [0, 0.1) is 20.8 Å². The third-order valence-electron chi connectivity index (χ3n) is 4.68. The Bertz CT molecular complexity index is 1010. The first-order valence-electron chi connectivity index (χ1n) is 8.50. The summed E-state index contributed by atoms with van der Waals surface area (Å²) in [6.07, 6.45) is 2.10. The highest BCUT2D eigenvalue weighted by molar-refractivity contribution is 6.01. The second-order valence-corrected chi connectivity index (χ2v) is 6.73. The largest absolute Gasteiger partial charge is 0.294 e. The van der Waals surface area contributed by atoms with E-state index in [9.17, 15) is 4.79 Å². The first-order valence-corrected chi connectivity index (χ1v) is 8.50. The lowest BCUT2D eigenvalue weighted by Gasteiger charge is -2.17. The molecule has 0 radical (unpaired) electrons. The molecule has 2 heterocycles. The van der Waals surface area contributed by atoms with Crippen LogP contribution in [0.5, 0.6) is 0 Å². The van der Waals surface area contributed by atoms with Gasteiger partial charge < -0.3 is 0 Å². The lowest BCUT2D eigenvalue weighted by Crippen LogP contribution is -2.16. The molecule has 25 heavy (non-hydrogen) atoms. The predicted octanol–water partition coefficient (Wildman–Crippen LogP) is 4.49. The smallest absolute Gasteiger partial charge is 0.163 e. The first kappa shape index (κ1) is 15.6. The van der Waals surface area contributed by atoms with E-state index in [-0.39, 0.29) is 5.78 Å². The minimum absolute atomic E-state index is 0.122. The van der Waals surface area contributed by atoms with Crippen molar-refractivity contribution in [2.45, 2.75) is 27.2 Å². The Morgan fingerprint density at radius 1 is 0.920 bits per heavy atom. The van der Waals surface area contributed by atoms with Gasteiger partial charge in [0.1, 0.15) is 0 Å². The standard InChI is InChI=1S/C22H20N2O/c1-14-7-9-17(10-8-14)22-16(3)23-24-20(12-19(25)13-21(22)24)18-6-4-5-15(2)11-18/h4-12H,13H2,1-3H3. The molecular weight excluding hydrogens is 308 g/mol. The summed E-state index contributed by atoms with van der Waals surface area (Å²) in [5, 5.41) is 4.77. The molecule has 0 saturated carbocycles. The molecule has 0 spiro atoms. The van der Waals surface area contributed by atoms with Crippen molar-refractivity contribution in [1.29, 1.82) is 0 Å². The second kappa shape index (κ2) is 5.85. The highest BCUT2D eigenvalue weighted by Crippen LogP contribution is 2.33. The van der Waals surface area contributed by atoms with Gasteiger partial charge in [-0.15, -0.1) is 0 Å². The molecule has 1 aromatic heterocycles. The lowest BCUT2D eigenvalue weighted by atomic mass is 9.97. The Morgan fingerprint density at radius 2 is 1.68 bits per heavy atom. The fraction of sp³-hybridized carbons (Fsp3) is 0.182. The van der Waals surface area contributed by atoms with E-state index in [0.717, 1.165) is 33.8 Å². The van der Waals surface area contributed by atoms with Crippen molar-refractivity contribution in [3.05, 3.63) is 82.7 Å². The average molecular weight is 328 g/mol. The molecule has 0 fully saturated rings. The summed E-state index contributed by atoms with van der Waals surface area (Å²) < 4.78 is 1.95. The van der Waals surface area contributed by atoms with Crippen LogP contribution in [0.4, 0.5) is 0 Å². The number of hydrogen-bond donors (Lipinski definition) is 0. The van der Waals surface area contributed by atoms with E-state index in [1.807, 2.05) is 23.7 Å². The van der Waals surface area contributed by atoms with Crippen LogP contribution in [-0.2, 0) is 11.2 Å². The van der Waals surface area contributed by atoms with Crippen molar-refractivity contribution in [3.8, 4) is 11.1 Å². The normalized spacial score (nSPS) is 13.6. The summed E-state index contributed by atoms with van der Waals surface area (Å²) in [5.41, 5.74) is 8.38. The van der Waals surface area contributed by atoms with E-state index >= 15 is 0 Å². The summed E-state index contributed by atoms with van der Waals surface area (Å²) in [6, 6.07) is 16.6. The van der Waals surface area contributed by atoms with Crippen molar-refractivity contribution in [1.82, 2.24) is 9.78 Å². The summed E-state index contributed by atoms with van der Waals surface area (Å²) in [4.78, 5) is 12.4. The maximum absolute atomic E-state index is 12.4. The maximum Gasteiger partial charge on any atom is 0.163 e. The molecule has 1 aliphatic rings. The van der Waals surface area contributed by atoms with Gasteiger partial charge in [-0.25, -0.2) is 4.68 Å². The van der Waals surface area contributed by atoms with Crippen LogP contribution < -0.4 is 0 Å². The van der Waals surface area contributed by atoms with Gasteiger partial charge in [0, 0.05) is 17.2 Å². The molecule has 0 saturated heterocycles. The number of carbonyl (C=O) groups is 1. The molecule has 0 unspecified atom stereocenters. The van der Waals surface area contributed by atoms with Crippen LogP contribution in [0.2, 0.25) is 0 Å². The van der Waals surface area contributed by atoms with E-state index in [1.54, 1.807) is 6.08 Å². The number of nitrogens with zero attached hydrogens (tertiary/aromatic N) is 2. The molecule has 0 amide bonds. The van der Waals surface area contributed by atoms with E-state index in [2.05, 4.69) is 50.2 Å². The van der Waals surface area contributed by atoms with Crippen molar-refractivity contribution < 1.29 is 4.79 Å². The average Bonchev–Trinajstić information content (AvgIpc) is 2.91. The van der Waals surface area contributed by atoms with Gasteiger partial charge in [-0.2, -0.15) is 5.10 Å². The van der Waals surface area contributed by atoms with Gasteiger partial charge in [-0.05, 0) is 32.4 Å². The maximum atomic E-state index is 12.4. The monoisotopic (exact) mass is 328 g/mol. The van der Waals surface area contributed by atoms with E-state index in [1.165, 1.54) is 11.1 Å². The van der Waals surface area contributed by atoms with E-state index < -0.39 is 0 Å². The molecule has 0 bridgehead atoms. The summed E-state index contributed by atoms with van der Waals surface area (Å²) in [5.74, 6) is 0.122. The molecule has 3 nitrogen and oxygen atoms in total. The number of allylic oxidation sites excluding steroid dienone is 1. The van der Waals surface area contributed by atoms with E-state index in [0.29, 0.717) is 6.42 Å². The van der Waals surface area contributed by atoms with Crippen LogP contribution in [0.1, 0.15) is 28.1 Å². The van der Waals surface area contributed by atoms with Crippen molar-refractivity contribution >= 4 is 11.5 Å². The zero-order valence-corrected chi connectivity index (χ0v) is 14.7. The molecular formula is C22H20N2O. The van der Waals surface area contributed by atoms with Gasteiger partial charge in [0.25, 0.3) is 0 Å². The van der Waals surface area contributed by atoms with Crippen molar-refractivity contribution in [2.24, 2.45) is 0 Å². The van der Waals surface area contributed by atoms with Crippen LogP contribution in [0.15, 0.2) is 54.6 Å². The van der Waals surface area contributed by atoms with Gasteiger partial charge in [-0.1, -0.05) is 53.6 Å². The Hall–Kier alpha value is -2.94. The molecule has 0 atom stereocenters. The molecule has 0 N–H and O–H groups in total. The minimum atomic E-state index is 0.122. The minimum Gasteiger partial charge on any atom is -0.294 e. The topological polar surface area (TPSA) is 34.9 Å². The zero-order valence-electron chi connectivity index (χ0n) is 14.7. The van der Waals surface area contributed by atoms with Gasteiger partial charge in [0.2, 0.25) is 0 Å². The molecule has 1 aliphatic heterocycles. The molecule has 3 heteroatoms. The number of aromatic nitrogens is 2. The third-order valence-corrected chi connectivity index (χ3v) is 4.68. The Labute approximate surface area is 147 Å². The third kappa shape index (κ3) is 2.72. The number of hydrogen-bond acceptors (Lipinski definition) is 2. The lowest BCUT2D eigenvalue weighted by molar-refractivity contribution is -0.114. The Balaban J connectivity index is 1.91. The Kier molecular flexibility index (Phi) is 3.65. The molecule has 124 valence electrons. The number of aryl methyl sites for hydroxylation is 3.